The number of hydrogen-bond donors (Lipinski definition) is 0. The van der Waals surface area contributed by atoms with Crippen LogP contribution in [0.3, 0.4) is 0 Å². The fourth-order valence-corrected chi connectivity index (χ4v) is 3.51. The Balaban J connectivity index is 1.76. The number of nitro groups is 1. The minimum absolute atomic E-state index is 0.137. The Kier molecular flexibility index (Phi) is 4.14. The molecule has 0 aromatic heterocycles. The summed E-state index contributed by atoms with van der Waals surface area (Å²) in [4.78, 5) is 12.4. The van der Waals surface area contributed by atoms with Crippen molar-refractivity contribution >= 4 is 11.4 Å². The molecule has 2 aliphatic rings. The molecule has 23 heavy (non-hydrogen) atoms. The summed E-state index contributed by atoms with van der Waals surface area (Å²) in [5, 5.41) is 11.1. The fourth-order valence-electron chi connectivity index (χ4n) is 3.51. The minimum Gasteiger partial charge on any atom is -0.487 e. The Hall–Kier alpha value is -1.89. The lowest BCUT2D eigenvalue weighted by Gasteiger charge is -2.59. The van der Waals surface area contributed by atoms with Gasteiger partial charge in [0, 0.05) is 31.7 Å². The first-order valence-electron chi connectivity index (χ1n) is 7.86. The standard InChI is InChI=1S/C16H21FN2O4/c1-3-4-23-15-6-13(12(17)5-14(15)19(20)21)18-9-16(10-18)7-11(8-16)22-2/h5-6,11H,3-4,7-10H2,1-2H3. The first-order valence-corrected chi connectivity index (χ1v) is 7.86. The van der Waals surface area contributed by atoms with Crippen molar-refractivity contribution in [2.45, 2.75) is 32.3 Å². The molecule has 0 unspecified atom stereocenters. The van der Waals surface area contributed by atoms with Crippen LogP contribution in [0.2, 0.25) is 0 Å². The Labute approximate surface area is 134 Å². The summed E-state index contributed by atoms with van der Waals surface area (Å²) in [7, 11) is 1.71. The van der Waals surface area contributed by atoms with Crippen LogP contribution in [0.1, 0.15) is 26.2 Å². The highest BCUT2D eigenvalue weighted by Crippen LogP contribution is 2.51. The second kappa shape index (κ2) is 5.96. The predicted molar refractivity (Wildman–Crippen MR) is 83.5 cm³/mol. The summed E-state index contributed by atoms with van der Waals surface area (Å²) in [5.41, 5.74) is 0.283. The van der Waals surface area contributed by atoms with Crippen LogP contribution < -0.4 is 9.64 Å². The lowest BCUT2D eigenvalue weighted by atomic mass is 9.61. The molecule has 6 nitrogen and oxygen atoms in total. The Bertz CT molecular complexity index is 608. The molecule has 1 aliphatic carbocycles. The Morgan fingerprint density at radius 2 is 2.13 bits per heavy atom. The summed E-state index contributed by atoms with van der Waals surface area (Å²) >= 11 is 0. The molecule has 0 amide bonds. The van der Waals surface area contributed by atoms with Gasteiger partial charge in [0.2, 0.25) is 0 Å². The van der Waals surface area contributed by atoms with Gasteiger partial charge in [-0.25, -0.2) is 4.39 Å². The van der Waals surface area contributed by atoms with Gasteiger partial charge in [0.05, 0.1) is 29.4 Å². The van der Waals surface area contributed by atoms with Gasteiger partial charge in [-0.05, 0) is 19.3 Å². The summed E-state index contributed by atoms with van der Waals surface area (Å²) in [5.74, 6) is -0.435. The van der Waals surface area contributed by atoms with Crippen LogP contribution in [-0.4, -0.2) is 37.8 Å². The number of methoxy groups -OCH3 is 1. The van der Waals surface area contributed by atoms with E-state index < -0.39 is 10.7 Å². The van der Waals surface area contributed by atoms with Crippen LogP contribution in [0, 0.1) is 21.3 Å². The van der Waals surface area contributed by atoms with Crippen LogP contribution in [0.5, 0.6) is 5.75 Å². The topological polar surface area (TPSA) is 64.8 Å². The van der Waals surface area contributed by atoms with E-state index in [-0.39, 0.29) is 16.9 Å². The first-order chi connectivity index (χ1) is 11.0. The number of halogens is 1. The molecule has 1 aromatic carbocycles. The Morgan fingerprint density at radius 1 is 1.43 bits per heavy atom. The third-order valence-electron chi connectivity index (χ3n) is 4.73. The number of nitrogens with zero attached hydrogens (tertiary/aromatic N) is 2. The van der Waals surface area contributed by atoms with Gasteiger partial charge in [-0.3, -0.25) is 10.1 Å². The summed E-state index contributed by atoms with van der Waals surface area (Å²) < 4.78 is 25.0. The molecule has 1 aliphatic heterocycles. The number of ether oxygens (including phenoxy) is 2. The van der Waals surface area contributed by atoms with Gasteiger partial charge in [-0.2, -0.15) is 0 Å². The van der Waals surface area contributed by atoms with Gasteiger partial charge in [0.1, 0.15) is 0 Å². The molecule has 2 fully saturated rings. The van der Waals surface area contributed by atoms with Gasteiger partial charge in [0.15, 0.2) is 11.6 Å². The lowest BCUT2D eigenvalue weighted by molar-refractivity contribution is -0.386. The average molecular weight is 324 g/mol. The SMILES string of the molecule is CCCOc1cc(N2CC3(CC(OC)C3)C2)c(F)cc1[N+](=O)[O-]. The van der Waals surface area contributed by atoms with Gasteiger partial charge in [-0.1, -0.05) is 6.92 Å². The molecule has 0 radical (unpaired) electrons. The van der Waals surface area contributed by atoms with Crippen molar-refractivity contribution in [3.05, 3.63) is 28.1 Å². The van der Waals surface area contributed by atoms with Gasteiger partial charge < -0.3 is 14.4 Å². The van der Waals surface area contributed by atoms with Crippen molar-refractivity contribution < 1.29 is 18.8 Å². The molecular formula is C16H21FN2O4. The van der Waals surface area contributed by atoms with E-state index in [0.717, 1.165) is 38.4 Å². The van der Waals surface area contributed by atoms with E-state index in [9.17, 15) is 14.5 Å². The number of nitro benzene ring substituents is 1. The highest BCUT2D eigenvalue weighted by molar-refractivity contribution is 5.62. The fraction of sp³-hybridized carbons (Fsp3) is 0.625. The first kappa shape index (κ1) is 16.0. The number of rotatable bonds is 6. The third kappa shape index (κ3) is 2.85. The minimum atomic E-state index is -0.607. The van der Waals surface area contributed by atoms with Crippen molar-refractivity contribution in [1.29, 1.82) is 0 Å². The molecule has 1 heterocycles. The summed E-state index contributed by atoms with van der Waals surface area (Å²) in [6.07, 6.45) is 3.03. The maximum absolute atomic E-state index is 14.3. The Morgan fingerprint density at radius 3 is 2.70 bits per heavy atom. The van der Waals surface area contributed by atoms with E-state index >= 15 is 0 Å². The van der Waals surface area contributed by atoms with E-state index in [1.54, 1.807) is 7.11 Å². The van der Waals surface area contributed by atoms with Crippen molar-refractivity contribution in [2.75, 3.05) is 31.7 Å². The second-order valence-corrected chi connectivity index (χ2v) is 6.50. The zero-order chi connectivity index (χ0) is 16.6. The average Bonchev–Trinajstić information content (AvgIpc) is 2.44. The largest absolute Gasteiger partial charge is 0.487 e. The van der Waals surface area contributed by atoms with E-state index in [0.29, 0.717) is 18.4 Å². The van der Waals surface area contributed by atoms with Crippen molar-refractivity contribution in [3.8, 4) is 5.75 Å². The van der Waals surface area contributed by atoms with E-state index in [4.69, 9.17) is 9.47 Å². The van der Waals surface area contributed by atoms with Crippen LogP contribution in [0.4, 0.5) is 15.8 Å². The van der Waals surface area contributed by atoms with E-state index in [2.05, 4.69) is 0 Å². The zero-order valence-corrected chi connectivity index (χ0v) is 13.4. The highest BCUT2D eigenvalue weighted by atomic mass is 19.1. The molecule has 1 spiro atoms. The zero-order valence-electron chi connectivity index (χ0n) is 13.4. The molecule has 126 valence electrons. The maximum atomic E-state index is 14.3. The molecule has 0 bridgehead atoms. The third-order valence-corrected chi connectivity index (χ3v) is 4.73. The summed E-state index contributed by atoms with van der Waals surface area (Å²) in [6.45, 7) is 3.80. The van der Waals surface area contributed by atoms with Crippen molar-refractivity contribution in [1.82, 2.24) is 0 Å². The van der Waals surface area contributed by atoms with Crippen LogP contribution in [-0.2, 0) is 4.74 Å². The van der Waals surface area contributed by atoms with Crippen LogP contribution >= 0.6 is 0 Å². The molecule has 7 heteroatoms. The lowest BCUT2D eigenvalue weighted by Crippen LogP contribution is -2.64. The molecule has 3 rings (SSSR count). The van der Waals surface area contributed by atoms with Gasteiger partial charge in [-0.15, -0.1) is 0 Å². The quantitative estimate of drug-likeness (QED) is 0.594. The molecular weight excluding hydrogens is 303 g/mol. The number of hydrogen-bond acceptors (Lipinski definition) is 5. The smallest absolute Gasteiger partial charge is 0.314 e. The molecule has 1 aromatic rings. The second-order valence-electron chi connectivity index (χ2n) is 6.50. The van der Waals surface area contributed by atoms with Gasteiger partial charge >= 0.3 is 5.69 Å². The maximum Gasteiger partial charge on any atom is 0.314 e. The van der Waals surface area contributed by atoms with Crippen molar-refractivity contribution in [3.63, 3.8) is 0 Å². The number of anilines is 1. The van der Waals surface area contributed by atoms with E-state index in [1.165, 1.54) is 6.07 Å². The molecule has 1 saturated carbocycles. The van der Waals surface area contributed by atoms with Crippen molar-refractivity contribution in [2.24, 2.45) is 5.41 Å². The molecule has 1 saturated heterocycles. The molecule has 0 N–H and O–H groups in total. The van der Waals surface area contributed by atoms with Crippen LogP contribution in [0.15, 0.2) is 12.1 Å². The molecule has 0 atom stereocenters. The van der Waals surface area contributed by atoms with Gasteiger partial charge in [0.25, 0.3) is 0 Å². The number of benzene rings is 1. The normalized spacial score (nSPS) is 19.3. The highest BCUT2D eigenvalue weighted by Gasteiger charge is 2.53. The monoisotopic (exact) mass is 324 g/mol. The van der Waals surface area contributed by atoms with E-state index in [1.807, 2.05) is 11.8 Å². The predicted octanol–water partition coefficient (Wildman–Crippen LogP) is 3.14. The van der Waals surface area contributed by atoms with Crippen LogP contribution in [0.25, 0.3) is 0 Å². The summed E-state index contributed by atoms with van der Waals surface area (Å²) in [6, 6.07) is 2.42.